The average Bonchev–Trinajstić information content (AvgIpc) is 2.13. The Morgan fingerprint density at radius 2 is 2.20 bits per heavy atom. The Bertz CT molecular complexity index is 124. The van der Waals surface area contributed by atoms with Gasteiger partial charge in [-0.3, -0.25) is 0 Å². The van der Waals surface area contributed by atoms with E-state index >= 15 is 0 Å². The highest BCUT2D eigenvalue weighted by Gasteiger charge is 2.37. The molecule has 1 aliphatic heterocycles. The maximum Gasteiger partial charge on any atom is 0.113 e. The van der Waals surface area contributed by atoms with Gasteiger partial charge in [-0.2, -0.15) is 0 Å². The Balaban J connectivity index is 2.54. The van der Waals surface area contributed by atoms with Gasteiger partial charge in [0.15, 0.2) is 0 Å². The molecule has 0 amide bonds. The fourth-order valence-electron chi connectivity index (χ4n) is 1.05. The summed E-state index contributed by atoms with van der Waals surface area (Å²) in [5.41, 5.74) is 0. The molecule has 1 aliphatic rings. The van der Waals surface area contributed by atoms with E-state index in [0.29, 0.717) is 11.2 Å². The van der Waals surface area contributed by atoms with E-state index in [0.717, 1.165) is 6.61 Å². The quantitative estimate of drug-likeness (QED) is 0.583. The van der Waals surface area contributed by atoms with Crippen LogP contribution in [0.4, 0.5) is 0 Å². The van der Waals surface area contributed by atoms with Crippen LogP contribution in [0.1, 0.15) is 27.7 Å². The number of hydrogen-bond acceptors (Lipinski definition) is 2. The summed E-state index contributed by atoms with van der Waals surface area (Å²) >= 11 is 1.95. The molecular weight excluding hydrogens is 144 g/mol. The van der Waals surface area contributed by atoms with Crippen molar-refractivity contribution in [3.05, 3.63) is 0 Å². The zero-order valence-corrected chi connectivity index (χ0v) is 7.99. The van der Waals surface area contributed by atoms with Crippen LogP contribution < -0.4 is 0 Å². The van der Waals surface area contributed by atoms with Gasteiger partial charge in [0.1, 0.15) is 4.93 Å². The van der Waals surface area contributed by atoms with E-state index < -0.39 is 0 Å². The number of rotatable bonds is 1. The summed E-state index contributed by atoms with van der Waals surface area (Å²) in [5.74, 6) is 0.613. The minimum atomic E-state index is 0.0828. The Hall–Kier alpha value is 0.310. The third kappa shape index (κ3) is 1.48. The maximum absolute atomic E-state index is 5.68. The molecule has 2 heteroatoms. The van der Waals surface area contributed by atoms with Gasteiger partial charge in [-0.25, -0.2) is 0 Å². The van der Waals surface area contributed by atoms with Crippen molar-refractivity contribution in [3.8, 4) is 0 Å². The number of thioether (sulfide) groups is 1. The standard InChI is InChI=1S/C8H16OS/c1-6(2)8(4)9-5-7(3)10-8/h6-7H,5H2,1-4H3. The third-order valence-corrected chi connectivity index (χ3v) is 3.68. The Kier molecular flexibility index (Phi) is 2.31. The van der Waals surface area contributed by atoms with Gasteiger partial charge in [-0.05, 0) is 12.8 Å². The molecule has 0 spiro atoms. The van der Waals surface area contributed by atoms with Gasteiger partial charge >= 0.3 is 0 Å². The lowest BCUT2D eigenvalue weighted by atomic mass is 10.1. The van der Waals surface area contributed by atoms with Crippen molar-refractivity contribution in [2.45, 2.75) is 37.9 Å². The van der Waals surface area contributed by atoms with Crippen LogP contribution in [0.2, 0.25) is 0 Å². The van der Waals surface area contributed by atoms with Gasteiger partial charge < -0.3 is 4.74 Å². The largest absolute Gasteiger partial charge is 0.363 e. The Morgan fingerprint density at radius 1 is 1.60 bits per heavy atom. The highest BCUT2D eigenvalue weighted by Crippen LogP contribution is 2.42. The summed E-state index contributed by atoms with van der Waals surface area (Å²) in [5, 5.41) is 0.674. The van der Waals surface area contributed by atoms with Crippen molar-refractivity contribution in [1.82, 2.24) is 0 Å². The molecule has 10 heavy (non-hydrogen) atoms. The van der Waals surface area contributed by atoms with Gasteiger partial charge in [0.05, 0.1) is 6.61 Å². The maximum atomic E-state index is 5.68. The predicted molar refractivity (Wildman–Crippen MR) is 46.2 cm³/mol. The first-order chi connectivity index (χ1) is 4.54. The molecule has 0 aliphatic carbocycles. The lowest BCUT2D eigenvalue weighted by molar-refractivity contribution is 0.0272. The molecule has 0 radical (unpaired) electrons. The lowest BCUT2D eigenvalue weighted by Gasteiger charge is -2.26. The van der Waals surface area contributed by atoms with E-state index in [9.17, 15) is 0 Å². The van der Waals surface area contributed by atoms with Crippen molar-refractivity contribution in [3.63, 3.8) is 0 Å². The SMILES string of the molecule is CC1COC(C)(C(C)C)S1. The van der Waals surface area contributed by atoms with Crippen LogP contribution in [0.3, 0.4) is 0 Å². The van der Waals surface area contributed by atoms with Gasteiger partial charge in [0.25, 0.3) is 0 Å². The highest BCUT2D eigenvalue weighted by molar-refractivity contribution is 8.01. The first kappa shape index (κ1) is 8.41. The van der Waals surface area contributed by atoms with Crippen molar-refractivity contribution >= 4 is 11.8 Å². The van der Waals surface area contributed by atoms with E-state index in [1.165, 1.54) is 0 Å². The van der Waals surface area contributed by atoms with Crippen LogP contribution in [0.25, 0.3) is 0 Å². The number of ether oxygens (including phenoxy) is 1. The van der Waals surface area contributed by atoms with Crippen molar-refractivity contribution in [2.75, 3.05) is 6.61 Å². The van der Waals surface area contributed by atoms with E-state index in [-0.39, 0.29) is 4.93 Å². The minimum absolute atomic E-state index is 0.0828. The second kappa shape index (κ2) is 2.74. The zero-order chi connectivity index (χ0) is 7.78. The fourth-order valence-corrected chi connectivity index (χ4v) is 2.40. The average molecular weight is 160 g/mol. The molecule has 0 aromatic carbocycles. The molecule has 1 rings (SSSR count). The summed E-state index contributed by atoms with van der Waals surface area (Å²) in [6, 6.07) is 0. The van der Waals surface area contributed by atoms with Crippen LogP contribution in [0.15, 0.2) is 0 Å². The molecule has 1 heterocycles. The second-order valence-electron chi connectivity index (χ2n) is 3.41. The molecule has 0 bridgehead atoms. The Morgan fingerprint density at radius 3 is 2.40 bits per heavy atom. The van der Waals surface area contributed by atoms with E-state index in [2.05, 4.69) is 27.7 Å². The summed E-state index contributed by atoms with van der Waals surface area (Å²) in [6.45, 7) is 9.75. The molecule has 1 nitrogen and oxygen atoms in total. The molecule has 2 unspecified atom stereocenters. The topological polar surface area (TPSA) is 9.23 Å². The highest BCUT2D eigenvalue weighted by atomic mass is 32.2. The zero-order valence-electron chi connectivity index (χ0n) is 7.18. The fraction of sp³-hybridized carbons (Fsp3) is 1.00. The van der Waals surface area contributed by atoms with Gasteiger partial charge in [-0.1, -0.05) is 20.8 Å². The van der Waals surface area contributed by atoms with E-state index in [1.807, 2.05) is 11.8 Å². The van der Waals surface area contributed by atoms with Crippen LogP contribution in [0, 0.1) is 5.92 Å². The normalized spacial score (nSPS) is 41.1. The predicted octanol–water partition coefficient (Wildman–Crippen LogP) is 2.51. The van der Waals surface area contributed by atoms with E-state index in [1.54, 1.807) is 0 Å². The summed E-state index contributed by atoms with van der Waals surface area (Å²) < 4.78 is 5.68. The third-order valence-electron chi connectivity index (χ3n) is 2.09. The smallest absolute Gasteiger partial charge is 0.113 e. The Labute approximate surface area is 67.5 Å². The van der Waals surface area contributed by atoms with Crippen LogP contribution in [-0.4, -0.2) is 16.8 Å². The van der Waals surface area contributed by atoms with Crippen molar-refractivity contribution in [1.29, 1.82) is 0 Å². The molecule has 60 valence electrons. The second-order valence-corrected chi connectivity index (χ2v) is 5.26. The molecule has 1 saturated heterocycles. The molecule has 1 fully saturated rings. The lowest BCUT2D eigenvalue weighted by Crippen LogP contribution is -2.26. The van der Waals surface area contributed by atoms with Crippen LogP contribution >= 0.6 is 11.8 Å². The molecule has 0 aromatic rings. The first-order valence-electron chi connectivity index (χ1n) is 3.86. The molecule has 0 saturated carbocycles. The van der Waals surface area contributed by atoms with Crippen molar-refractivity contribution in [2.24, 2.45) is 5.92 Å². The molecular formula is C8H16OS. The number of hydrogen-bond donors (Lipinski definition) is 0. The molecule has 0 aromatic heterocycles. The van der Waals surface area contributed by atoms with Crippen molar-refractivity contribution < 1.29 is 4.74 Å². The monoisotopic (exact) mass is 160 g/mol. The minimum Gasteiger partial charge on any atom is -0.363 e. The van der Waals surface area contributed by atoms with Gasteiger partial charge in [0, 0.05) is 5.25 Å². The van der Waals surface area contributed by atoms with Gasteiger partial charge in [-0.15, -0.1) is 11.8 Å². The van der Waals surface area contributed by atoms with Crippen LogP contribution in [0.5, 0.6) is 0 Å². The summed E-state index contributed by atoms with van der Waals surface area (Å²) in [6.07, 6.45) is 0. The van der Waals surface area contributed by atoms with Gasteiger partial charge in [0.2, 0.25) is 0 Å². The summed E-state index contributed by atoms with van der Waals surface area (Å²) in [4.78, 5) is 0.0828. The van der Waals surface area contributed by atoms with Crippen LogP contribution in [-0.2, 0) is 4.74 Å². The first-order valence-corrected chi connectivity index (χ1v) is 4.74. The molecule has 2 atom stereocenters. The summed E-state index contributed by atoms with van der Waals surface area (Å²) in [7, 11) is 0. The van der Waals surface area contributed by atoms with E-state index in [4.69, 9.17) is 4.74 Å². The molecule has 0 N–H and O–H groups in total.